The fraction of sp³-hybridized carbons (Fsp3) is 0.750. The van der Waals surface area contributed by atoms with E-state index in [-0.39, 0.29) is 11.8 Å². The topological polar surface area (TPSA) is 41.5 Å². The molecule has 1 aliphatic heterocycles. The number of fused-ring (bicyclic) bond motifs is 1. The van der Waals surface area contributed by atoms with Crippen LogP contribution < -0.4 is 5.43 Å². The third-order valence-corrected chi connectivity index (χ3v) is 2.60. The molecule has 2 aliphatic rings. The second-order valence-electron chi connectivity index (χ2n) is 3.31. The summed E-state index contributed by atoms with van der Waals surface area (Å²) in [6, 6.07) is 0. The van der Waals surface area contributed by atoms with E-state index in [0.717, 1.165) is 12.8 Å². The van der Waals surface area contributed by atoms with Gasteiger partial charge in [0, 0.05) is 18.1 Å². The molecule has 3 nitrogen and oxygen atoms in total. The van der Waals surface area contributed by atoms with Gasteiger partial charge in [-0.15, -0.1) is 0 Å². The zero-order chi connectivity index (χ0) is 7.68. The van der Waals surface area contributed by atoms with E-state index in [1.54, 1.807) is 0 Å². The molecule has 0 aromatic carbocycles. The third kappa shape index (κ3) is 1.15. The summed E-state index contributed by atoms with van der Waals surface area (Å²) in [4.78, 5) is 11.2. The number of carbonyl (C=O) groups excluding carboxylic acids is 1. The van der Waals surface area contributed by atoms with Crippen molar-refractivity contribution >= 4 is 12.1 Å². The lowest BCUT2D eigenvalue weighted by Gasteiger charge is -2.29. The summed E-state index contributed by atoms with van der Waals surface area (Å²) in [6.07, 6.45) is 6.53. The first-order valence-electron chi connectivity index (χ1n) is 4.21. The van der Waals surface area contributed by atoms with E-state index in [1.165, 1.54) is 12.8 Å². The van der Waals surface area contributed by atoms with Gasteiger partial charge in [0.25, 0.3) is 0 Å². The number of nitrogens with one attached hydrogen (secondary N) is 1. The minimum absolute atomic E-state index is 0.122. The van der Waals surface area contributed by atoms with Crippen LogP contribution in [0.3, 0.4) is 0 Å². The number of hydrogen-bond acceptors (Lipinski definition) is 2. The second-order valence-corrected chi connectivity index (χ2v) is 3.31. The Morgan fingerprint density at radius 3 is 3.09 bits per heavy atom. The minimum Gasteiger partial charge on any atom is -0.273 e. The molecular formula is C8H12N2O. The summed E-state index contributed by atoms with van der Waals surface area (Å²) in [5.41, 5.74) is 2.51. The van der Waals surface area contributed by atoms with E-state index < -0.39 is 0 Å². The summed E-state index contributed by atoms with van der Waals surface area (Å²) in [7, 11) is 0. The summed E-state index contributed by atoms with van der Waals surface area (Å²) in [5, 5.41) is 3.82. The van der Waals surface area contributed by atoms with Crippen LogP contribution in [0.15, 0.2) is 5.10 Å². The van der Waals surface area contributed by atoms with E-state index >= 15 is 0 Å². The molecule has 0 radical (unpaired) electrons. The molecule has 1 aliphatic carbocycles. The van der Waals surface area contributed by atoms with Crippen molar-refractivity contribution in [3.8, 4) is 0 Å². The van der Waals surface area contributed by atoms with Crippen molar-refractivity contribution in [2.45, 2.75) is 25.7 Å². The maximum atomic E-state index is 11.2. The largest absolute Gasteiger partial charge is 0.273 e. The average Bonchev–Trinajstić information content (AvgIpc) is 2.06. The Labute approximate surface area is 65.9 Å². The van der Waals surface area contributed by atoms with Crippen LogP contribution in [0.4, 0.5) is 0 Å². The molecule has 0 saturated heterocycles. The van der Waals surface area contributed by atoms with Crippen molar-refractivity contribution in [2.24, 2.45) is 16.9 Å². The standard InChI is InChI=1S/C8H12N2O/c11-8-7-4-2-1-3-6(7)5-9-10-8/h5-7H,1-4H2,(H,10,11)/t6-,7-/m1/s1. The molecular weight excluding hydrogens is 140 g/mol. The van der Waals surface area contributed by atoms with Crippen LogP contribution in [0.1, 0.15) is 25.7 Å². The van der Waals surface area contributed by atoms with Crippen LogP contribution in [-0.4, -0.2) is 12.1 Å². The molecule has 2 atom stereocenters. The predicted molar refractivity (Wildman–Crippen MR) is 42.1 cm³/mol. The third-order valence-electron chi connectivity index (χ3n) is 2.60. The van der Waals surface area contributed by atoms with Crippen molar-refractivity contribution in [3.63, 3.8) is 0 Å². The molecule has 2 rings (SSSR count). The zero-order valence-corrected chi connectivity index (χ0v) is 6.42. The molecule has 0 bridgehead atoms. The van der Waals surface area contributed by atoms with Gasteiger partial charge in [-0.1, -0.05) is 12.8 Å². The highest BCUT2D eigenvalue weighted by Crippen LogP contribution is 2.30. The van der Waals surface area contributed by atoms with Gasteiger partial charge in [0.05, 0.1) is 0 Å². The second kappa shape index (κ2) is 2.64. The molecule has 11 heavy (non-hydrogen) atoms. The van der Waals surface area contributed by atoms with Crippen LogP contribution in [0, 0.1) is 11.8 Å². The van der Waals surface area contributed by atoms with Crippen molar-refractivity contribution < 1.29 is 4.79 Å². The molecule has 0 aromatic heterocycles. The highest BCUT2D eigenvalue weighted by atomic mass is 16.2. The summed E-state index contributed by atoms with van der Waals surface area (Å²) in [6.45, 7) is 0. The van der Waals surface area contributed by atoms with Crippen molar-refractivity contribution in [1.29, 1.82) is 0 Å². The van der Waals surface area contributed by atoms with E-state index in [2.05, 4.69) is 10.5 Å². The van der Waals surface area contributed by atoms with Gasteiger partial charge in [-0.05, 0) is 12.8 Å². The van der Waals surface area contributed by atoms with E-state index in [0.29, 0.717) is 5.92 Å². The number of amides is 1. The molecule has 1 fully saturated rings. The average molecular weight is 152 g/mol. The Morgan fingerprint density at radius 2 is 2.27 bits per heavy atom. The van der Waals surface area contributed by atoms with E-state index in [1.807, 2.05) is 6.21 Å². The first-order chi connectivity index (χ1) is 5.38. The van der Waals surface area contributed by atoms with Crippen molar-refractivity contribution in [3.05, 3.63) is 0 Å². The van der Waals surface area contributed by atoms with Crippen molar-refractivity contribution in [1.82, 2.24) is 5.43 Å². The lowest BCUT2D eigenvalue weighted by Crippen LogP contribution is -2.39. The van der Waals surface area contributed by atoms with Gasteiger partial charge in [0.1, 0.15) is 0 Å². The molecule has 3 heteroatoms. The number of carbonyl (C=O) groups is 1. The summed E-state index contributed by atoms with van der Waals surface area (Å²) in [5.74, 6) is 0.774. The van der Waals surface area contributed by atoms with Gasteiger partial charge in [-0.2, -0.15) is 5.10 Å². The maximum absolute atomic E-state index is 11.2. The van der Waals surface area contributed by atoms with Crippen LogP contribution in [0.2, 0.25) is 0 Å². The van der Waals surface area contributed by atoms with E-state index in [9.17, 15) is 4.79 Å². The smallest absolute Gasteiger partial charge is 0.243 e. The molecule has 0 spiro atoms. The SMILES string of the molecule is O=C1NN=C[C@H]2CCCC[C@@H]12. The molecule has 1 N–H and O–H groups in total. The number of hydrogen-bond donors (Lipinski definition) is 1. The fourth-order valence-corrected chi connectivity index (χ4v) is 1.94. The fourth-order valence-electron chi connectivity index (χ4n) is 1.94. The van der Waals surface area contributed by atoms with Gasteiger partial charge < -0.3 is 0 Å². The van der Waals surface area contributed by atoms with Gasteiger partial charge in [-0.3, -0.25) is 4.79 Å². The Balaban J connectivity index is 2.15. The van der Waals surface area contributed by atoms with Gasteiger partial charge in [0.2, 0.25) is 5.91 Å². The Kier molecular flexibility index (Phi) is 1.64. The Morgan fingerprint density at radius 1 is 1.45 bits per heavy atom. The van der Waals surface area contributed by atoms with Gasteiger partial charge >= 0.3 is 0 Å². The first kappa shape index (κ1) is 6.83. The van der Waals surface area contributed by atoms with Gasteiger partial charge in [0.15, 0.2) is 0 Å². The Hall–Kier alpha value is -0.860. The van der Waals surface area contributed by atoms with Crippen LogP contribution >= 0.6 is 0 Å². The molecule has 0 aromatic rings. The van der Waals surface area contributed by atoms with Crippen LogP contribution in [0.5, 0.6) is 0 Å². The normalized spacial score (nSPS) is 36.2. The molecule has 0 unspecified atom stereocenters. The predicted octanol–water partition coefficient (Wildman–Crippen LogP) is 0.908. The summed E-state index contributed by atoms with van der Waals surface area (Å²) >= 11 is 0. The lowest BCUT2D eigenvalue weighted by atomic mass is 9.79. The quantitative estimate of drug-likeness (QED) is 0.550. The number of rotatable bonds is 0. The molecule has 1 saturated carbocycles. The molecule has 1 amide bonds. The zero-order valence-electron chi connectivity index (χ0n) is 6.42. The number of nitrogens with zero attached hydrogens (tertiary/aromatic N) is 1. The highest BCUT2D eigenvalue weighted by molar-refractivity contribution is 5.85. The molecule has 1 heterocycles. The van der Waals surface area contributed by atoms with Crippen molar-refractivity contribution in [2.75, 3.05) is 0 Å². The van der Waals surface area contributed by atoms with Crippen LogP contribution in [-0.2, 0) is 4.79 Å². The maximum Gasteiger partial charge on any atom is 0.243 e. The van der Waals surface area contributed by atoms with E-state index in [4.69, 9.17) is 0 Å². The highest BCUT2D eigenvalue weighted by Gasteiger charge is 2.31. The molecule has 60 valence electrons. The lowest BCUT2D eigenvalue weighted by molar-refractivity contribution is -0.127. The monoisotopic (exact) mass is 152 g/mol. The van der Waals surface area contributed by atoms with Gasteiger partial charge in [-0.25, -0.2) is 5.43 Å². The first-order valence-corrected chi connectivity index (χ1v) is 4.21. The summed E-state index contributed by atoms with van der Waals surface area (Å²) < 4.78 is 0. The minimum atomic E-state index is 0.122. The number of hydrazone groups is 1. The Bertz CT molecular complexity index is 200. The van der Waals surface area contributed by atoms with Crippen LogP contribution in [0.25, 0.3) is 0 Å².